The van der Waals surface area contributed by atoms with Crippen LogP contribution in [0.25, 0.3) is 0 Å². The van der Waals surface area contributed by atoms with Crippen LogP contribution in [0.4, 0.5) is 0 Å². The second-order valence-electron chi connectivity index (χ2n) is 4.83. The normalized spacial score (nSPS) is 25.6. The molecule has 2 N–H and O–H groups in total. The molecule has 1 aliphatic rings. The van der Waals surface area contributed by atoms with E-state index in [0.717, 1.165) is 25.7 Å². The first-order chi connectivity index (χ1) is 8.44. The quantitative estimate of drug-likeness (QED) is 0.858. The van der Waals surface area contributed by atoms with Crippen LogP contribution < -0.4 is 5.73 Å². The lowest BCUT2D eigenvalue weighted by atomic mass is 9.91. The molecule has 1 aliphatic carbocycles. The van der Waals surface area contributed by atoms with E-state index in [9.17, 15) is 8.42 Å². The molecule has 0 saturated heterocycles. The zero-order valence-electron chi connectivity index (χ0n) is 10.8. The lowest BCUT2D eigenvalue weighted by Gasteiger charge is -2.35. The third kappa shape index (κ3) is 2.30. The Morgan fingerprint density at radius 2 is 2.11 bits per heavy atom. The van der Waals surface area contributed by atoms with Gasteiger partial charge in [0, 0.05) is 26.2 Å². The first kappa shape index (κ1) is 13.5. The second-order valence-corrected chi connectivity index (χ2v) is 6.77. The largest absolute Gasteiger partial charge is 0.326 e. The molecule has 1 aromatic heterocycles. The van der Waals surface area contributed by atoms with Gasteiger partial charge in [0.2, 0.25) is 0 Å². The fourth-order valence-corrected chi connectivity index (χ4v) is 4.06. The van der Waals surface area contributed by atoms with Gasteiger partial charge in [-0.15, -0.1) is 0 Å². The third-order valence-corrected chi connectivity index (χ3v) is 5.63. The molecule has 1 fully saturated rings. The van der Waals surface area contributed by atoms with Gasteiger partial charge in [0.1, 0.15) is 0 Å². The van der Waals surface area contributed by atoms with Crippen molar-refractivity contribution in [2.45, 2.75) is 42.8 Å². The van der Waals surface area contributed by atoms with Crippen LogP contribution in [-0.2, 0) is 17.1 Å². The van der Waals surface area contributed by atoms with Gasteiger partial charge in [-0.2, -0.15) is 9.40 Å². The van der Waals surface area contributed by atoms with Crippen LogP contribution >= 0.6 is 0 Å². The number of rotatable bonds is 3. The Morgan fingerprint density at radius 1 is 1.44 bits per heavy atom. The molecule has 2 unspecified atom stereocenters. The molecule has 1 aromatic rings. The average molecular weight is 272 g/mol. The fourth-order valence-electron chi connectivity index (χ4n) is 2.53. The molecular formula is C11H20N4O2S. The Bertz CT molecular complexity index is 511. The van der Waals surface area contributed by atoms with Crippen LogP contribution in [0, 0.1) is 0 Å². The third-order valence-electron chi connectivity index (χ3n) is 3.67. The van der Waals surface area contributed by atoms with E-state index >= 15 is 0 Å². The van der Waals surface area contributed by atoms with Crippen molar-refractivity contribution in [2.24, 2.45) is 12.8 Å². The highest BCUT2D eigenvalue weighted by Gasteiger charge is 2.34. The molecule has 0 aliphatic heterocycles. The van der Waals surface area contributed by atoms with Crippen LogP contribution in [0.3, 0.4) is 0 Å². The summed E-state index contributed by atoms with van der Waals surface area (Å²) < 4.78 is 27.7. The van der Waals surface area contributed by atoms with Gasteiger partial charge in [-0.05, 0) is 18.9 Å². The molecule has 18 heavy (non-hydrogen) atoms. The SMILES string of the molecule is CN(C1CCCCC1N)S(=O)(=O)c1ccnn1C. The maximum Gasteiger partial charge on any atom is 0.260 e. The van der Waals surface area contributed by atoms with Crippen LogP contribution in [-0.4, -0.2) is 41.6 Å². The summed E-state index contributed by atoms with van der Waals surface area (Å²) in [4.78, 5) is 0. The smallest absolute Gasteiger partial charge is 0.260 e. The highest BCUT2D eigenvalue weighted by atomic mass is 32.2. The zero-order chi connectivity index (χ0) is 13.3. The molecule has 0 spiro atoms. The second kappa shape index (κ2) is 4.99. The Kier molecular flexibility index (Phi) is 3.74. The Hall–Kier alpha value is -0.920. The Labute approximate surface area is 108 Å². The van der Waals surface area contributed by atoms with Gasteiger partial charge in [0.05, 0.1) is 6.20 Å². The lowest BCUT2D eigenvalue weighted by Crippen LogP contribution is -2.50. The molecule has 1 saturated carbocycles. The predicted molar refractivity (Wildman–Crippen MR) is 68.4 cm³/mol. The molecule has 0 aromatic carbocycles. The minimum atomic E-state index is -3.51. The fraction of sp³-hybridized carbons (Fsp3) is 0.727. The topological polar surface area (TPSA) is 81.2 Å². The number of hydrogen-bond donors (Lipinski definition) is 1. The summed E-state index contributed by atoms with van der Waals surface area (Å²) in [6.07, 6.45) is 5.31. The number of nitrogens with zero attached hydrogens (tertiary/aromatic N) is 3. The van der Waals surface area contributed by atoms with E-state index in [-0.39, 0.29) is 17.1 Å². The van der Waals surface area contributed by atoms with E-state index in [1.165, 1.54) is 21.3 Å². The summed E-state index contributed by atoms with van der Waals surface area (Å²) >= 11 is 0. The summed E-state index contributed by atoms with van der Waals surface area (Å²) in [6, 6.07) is 1.32. The van der Waals surface area contributed by atoms with Crippen LogP contribution in [0.15, 0.2) is 17.3 Å². The molecule has 1 heterocycles. The molecule has 2 rings (SSSR count). The van der Waals surface area contributed by atoms with E-state index < -0.39 is 10.0 Å². The van der Waals surface area contributed by atoms with Gasteiger partial charge in [-0.25, -0.2) is 8.42 Å². The zero-order valence-corrected chi connectivity index (χ0v) is 11.6. The number of likely N-dealkylation sites (N-methyl/N-ethyl adjacent to an activating group) is 1. The van der Waals surface area contributed by atoms with Gasteiger partial charge in [-0.3, -0.25) is 4.68 Å². The van der Waals surface area contributed by atoms with Crippen molar-refractivity contribution in [2.75, 3.05) is 7.05 Å². The summed E-state index contributed by atoms with van der Waals surface area (Å²) in [5, 5.41) is 4.12. The first-order valence-electron chi connectivity index (χ1n) is 6.16. The van der Waals surface area contributed by atoms with Crippen molar-refractivity contribution in [1.29, 1.82) is 0 Å². The van der Waals surface area contributed by atoms with Crippen molar-refractivity contribution < 1.29 is 8.42 Å². The van der Waals surface area contributed by atoms with Crippen molar-refractivity contribution in [3.8, 4) is 0 Å². The van der Waals surface area contributed by atoms with E-state index in [0.29, 0.717) is 0 Å². The van der Waals surface area contributed by atoms with Gasteiger partial charge >= 0.3 is 0 Å². The molecule has 2 atom stereocenters. The number of hydrogen-bond acceptors (Lipinski definition) is 4. The summed E-state index contributed by atoms with van der Waals surface area (Å²) in [6.45, 7) is 0. The van der Waals surface area contributed by atoms with Crippen LogP contribution in [0.2, 0.25) is 0 Å². The van der Waals surface area contributed by atoms with Gasteiger partial charge in [0.25, 0.3) is 10.0 Å². The highest BCUT2D eigenvalue weighted by Crippen LogP contribution is 2.25. The molecule has 7 heteroatoms. The molecule has 0 radical (unpaired) electrons. The van der Waals surface area contributed by atoms with Crippen LogP contribution in [0.5, 0.6) is 0 Å². The minimum Gasteiger partial charge on any atom is -0.326 e. The summed E-state index contributed by atoms with van der Waals surface area (Å²) in [5.74, 6) is 0. The van der Waals surface area contributed by atoms with Gasteiger partial charge in [0.15, 0.2) is 5.03 Å². The number of nitrogens with two attached hydrogens (primary N) is 1. The molecule has 6 nitrogen and oxygen atoms in total. The summed E-state index contributed by atoms with van der Waals surface area (Å²) in [5.41, 5.74) is 6.04. The van der Waals surface area contributed by atoms with E-state index in [1.807, 2.05) is 0 Å². The Balaban J connectivity index is 2.27. The Morgan fingerprint density at radius 3 is 2.67 bits per heavy atom. The van der Waals surface area contributed by atoms with E-state index in [2.05, 4.69) is 5.10 Å². The monoisotopic (exact) mass is 272 g/mol. The van der Waals surface area contributed by atoms with Gasteiger partial charge in [-0.1, -0.05) is 12.8 Å². The van der Waals surface area contributed by atoms with Crippen molar-refractivity contribution in [1.82, 2.24) is 14.1 Å². The average Bonchev–Trinajstić information content (AvgIpc) is 2.76. The van der Waals surface area contributed by atoms with Crippen molar-refractivity contribution in [3.05, 3.63) is 12.3 Å². The molecule has 0 bridgehead atoms. The van der Waals surface area contributed by atoms with Gasteiger partial charge < -0.3 is 5.73 Å². The standard InChI is InChI=1S/C11H20N4O2S/c1-14-11(7-8-13-14)18(16,17)15(2)10-6-4-3-5-9(10)12/h7-10H,3-6,12H2,1-2H3. The summed E-state index contributed by atoms with van der Waals surface area (Å²) in [7, 11) is -0.269. The number of aryl methyl sites for hydroxylation is 1. The number of aromatic nitrogens is 2. The van der Waals surface area contributed by atoms with E-state index in [4.69, 9.17) is 5.73 Å². The minimum absolute atomic E-state index is 0.0771. The van der Waals surface area contributed by atoms with Crippen molar-refractivity contribution in [3.63, 3.8) is 0 Å². The molecule has 0 amide bonds. The van der Waals surface area contributed by atoms with Crippen LogP contribution in [0.1, 0.15) is 25.7 Å². The highest BCUT2D eigenvalue weighted by molar-refractivity contribution is 7.89. The predicted octanol–water partition coefficient (Wildman–Crippen LogP) is 0.311. The maximum absolute atomic E-state index is 12.5. The maximum atomic E-state index is 12.5. The molecule has 102 valence electrons. The lowest BCUT2D eigenvalue weighted by molar-refractivity contribution is 0.251. The molecular weight excluding hydrogens is 252 g/mol. The van der Waals surface area contributed by atoms with Crippen molar-refractivity contribution >= 4 is 10.0 Å². The van der Waals surface area contributed by atoms with E-state index in [1.54, 1.807) is 14.1 Å². The number of sulfonamides is 1. The first-order valence-corrected chi connectivity index (χ1v) is 7.60.